The van der Waals surface area contributed by atoms with Crippen LogP contribution in [0.1, 0.15) is 58.6 Å². The van der Waals surface area contributed by atoms with E-state index in [4.69, 9.17) is 25.8 Å². The van der Waals surface area contributed by atoms with E-state index in [1.54, 1.807) is 12.0 Å². The van der Waals surface area contributed by atoms with Crippen LogP contribution in [0.4, 0.5) is 4.79 Å². The first-order valence-electron chi connectivity index (χ1n) is 12.8. The third-order valence-electron chi connectivity index (χ3n) is 6.69. The lowest BCUT2D eigenvalue weighted by Crippen LogP contribution is -2.54. The molecule has 1 aromatic heterocycles. The van der Waals surface area contributed by atoms with Crippen molar-refractivity contribution in [3.63, 3.8) is 0 Å². The molecule has 2 fully saturated rings. The monoisotopic (exact) mass is 519 g/mol. The zero-order valence-electron chi connectivity index (χ0n) is 22.0. The van der Waals surface area contributed by atoms with Gasteiger partial charge in [-0.15, -0.1) is 0 Å². The minimum Gasteiger partial charge on any atom is -0.444 e. The van der Waals surface area contributed by atoms with Crippen LogP contribution in [0.15, 0.2) is 24.4 Å². The van der Waals surface area contributed by atoms with E-state index in [0.717, 1.165) is 47.3 Å². The van der Waals surface area contributed by atoms with Crippen molar-refractivity contribution in [2.45, 2.75) is 77.3 Å². The molecule has 8 nitrogen and oxygen atoms in total. The number of carbonyl (C=O) groups excluding carboxylic acids is 2. The number of rotatable bonds is 8. The molecule has 198 valence electrons. The molecule has 0 radical (unpaired) electrons. The van der Waals surface area contributed by atoms with Crippen molar-refractivity contribution in [3.8, 4) is 0 Å². The van der Waals surface area contributed by atoms with Gasteiger partial charge in [0, 0.05) is 49.9 Å². The second kappa shape index (κ2) is 11.0. The molecule has 0 spiro atoms. The summed E-state index contributed by atoms with van der Waals surface area (Å²) in [6.45, 7) is 9.96. The van der Waals surface area contributed by atoms with Gasteiger partial charge in [-0.2, -0.15) is 0 Å². The summed E-state index contributed by atoms with van der Waals surface area (Å²) in [5.41, 5.74) is 1.51. The molecule has 1 aliphatic carbocycles. The van der Waals surface area contributed by atoms with E-state index in [2.05, 4.69) is 23.6 Å². The Bertz CT molecular complexity index is 1090. The second-order valence-electron chi connectivity index (χ2n) is 10.7. The van der Waals surface area contributed by atoms with E-state index in [-0.39, 0.29) is 24.5 Å². The molecule has 1 aromatic carbocycles. The van der Waals surface area contributed by atoms with Crippen LogP contribution in [0, 0.1) is 0 Å². The van der Waals surface area contributed by atoms with Crippen molar-refractivity contribution in [1.29, 1.82) is 0 Å². The van der Waals surface area contributed by atoms with E-state index in [1.807, 2.05) is 37.9 Å². The summed E-state index contributed by atoms with van der Waals surface area (Å²) >= 11 is 6.50. The first-order chi connectivity index (χ1) is 17.1. The highest BCUT2D eigenvalue weighted by Crippen LogP contribution is 2.37. The molecule has 1 unspecified atom stereocenters. The van der Waals surface area contributed by atoms with Gasteiger partial charge in [-0.1, -0.05) is 23.7 Å². The fraction of sp³-hybridized carbons (Fsp3) is 0.630. The Balaban J connectivity index is 1.53. The van der Waals surface area contributed by atoms with Crippen molar-refractivity contribution in [2.75, 3.05) is 33.4 Å². The molecule has 2 aliphatic rings. The molecule has 0 bridgehead atoms. The van der Waals surface area contributed by atoms with Crippen LogP contribution in [-0.4, -0.2) is 77.5 Å². The van der Waals surface area contributed by atoms with Gasteiger partial charge in [0.05, 0.1) is 24.2 Å². The van der Waals surface area contributed by atoms with Crippen molar-refractivity contribution in [3.05, 3.63) is 35.0 Å². The number of nitrogens with zero attached hydrogens (tertiary/aromatic N) is 3. The van der Waals surface area contributed by atoms with Gasteiger partial charge in [-0.3, -0.25) is 4.79 Å². The number of benzene rings is 1. The number of fused-ring (bicyclic) bond motifs is 1. The molecule has 9 heteroatoms. The van der Waals surface area contributed by atoms with Gasteiger partial charge in [0.25, 0.3) is 5.91 Å². The minimum atomic E-state index is -0.703. The maximum absolute atomic E-state index is 13.7. The SMILES string of the molecule is COCCCn1cc(Cl)c2ccc(C(C)N(C(=O)[C@H]3CN(C(=O)OC(C)(C)C)CCO3)C3CC3)cc21. The highest BCUT2D eigenvalue weighted by atomic mass is 35.5. The lowest BCUT2D eigenvalue weighted by Gasteiger charge is -2.38. The van der Waals surface area contributed by atoms with E-state index < -0.39 is 17.8 Å². The normalized spacial score (nSPS) is 19.4. The van der Waals surface area contributed by atoms with Crippen LogP contribution in [0.3, 0.4) is 0 Å². The zero-order chi connectivity index (χ0) is 26.0. The number of methoxy groups -OCH3 is 1. The number of halogens is 1. The maximum atomic E-state index is 13.7. The molecule has 2 atom stereocenters. The van der Waals surface area contributed by atoms with Gasteiger partial charge in [-0.05, 0) is 58.6 Å². The number of ether oxygens (including phenoxy) is 3. The summed E-state index contributed by atoms with van der Waals surface area (Å²) in [4.78, 5) is 29.9. The van der Waals surface area contributed by atoms with Crippen molar-refractivity contribution < 1.29 is 23.8 Å². The van der Waals surface area contributed by atoms with Gasteiger partial charge in [0.2, 0.25) is 0 Å². The van der Waals surface area contributed by atoms with Crippen LogP contribution in [0.25, 0.3) is 10.9 Å². The molecule has 0 N–H and O–H groups in total. The number of amides is 2. The lowest BCUT2D eigenvalue weighted by atomic mass is 10.0. The average Bonchev–Trinajstić information content (AvgIpc) is 3.62. The topological polar surface area (TPSA) is 73.2 Å². The Morgan fingerprint density at radius 2 is 2.03 bits per heavy atom. The third kappa shape index (κ3) is 6.15. The fourth-order valence-corrected chi connectivity index (χ4v) is 5.02. The molecule has 2 amide bonds. The van der Waals surface area contributed by atoms with Gasteiger partial charge >= 0.3 is 6.09 Å². The third-order valence-corrected chi connectivity index (χ3v) is 6.99. The van der Waals surface area contributed by atoms with Crippen LogP contribution in [0.5, 0.6) is 0 Å². The fourth-order valence-electron chi connectivity index (χ4n) is 4.75. The summed E-state index contributed by atoms with van der Waals surface area (Å²) in [5.74, 6) is -0.0770. The van der Waals surface area contributed by atoms with Crippen LogP contribution >= 0.6 is 11.6 Å². The molecule has 1 saturated carbocycles. The molecule has 2 aromatic rings. The molecule has 4 rings (SSSR count). The van der Waals surface area contributed by atoms with Gasteiger partial charge < -0.3 is 28.6 Å². The zero-order valence-corrected chi connectivity index (χ0v) is 22.7. The quantitative estimate of drug-likeness (QED) is 0.458. The predicted octanol–water partition coefficient (Wildman–Crippen LogP) is 5.02. The highest BCUT2D eigenvalue weighted by molar-refractivity contribution is 6.35. The molecule has 1 aliphatic heterocycles. The number of carbonyl (C=O) groups is 2. The van der Waals surface area contributed by atoms with E-state index in [9.17, 15) is 9.59 Å². The lowest BCUT2D eigenvalue weighted by molar-refractivity contribution is -0.151. The van der Waals surface area contributed by atoms with Crippen LogP contribution in [0.2, 0.25) is 5.02 Å². The minimum absolute atomic E-state index is 0.0770. The van der Waals surface area contributed by atoms with Crippen molar-refractivity contribution in [1.82, 2.24) is 14.4 Å². The van der Waals surface area contributed by atoms with Crippen molar-refractivity contribution in [2.24, 2.45) is 0 Å². The summed E-state index contributed by atoms with van der Waals surface area (Å²) < 4.78 is 18.7. The average molecular weight is 520 g/mol. The summed E-state index contributed by atoms with van der Waals surface area (Å²) in [5, 5.41) is 1.72. The summed E-state index contributed by atoms with van der Waals surface area (Å²) in [6.07, 6.45) is 3.68. The predicted molar refractivity (Wildman–Crippen MR) is 139 cm³/mol. The standard InChI is InChI=1S/C27H38ClN3O5/c1-18(19-7-10-21-22(28)16-29(23(21)15-19)11-6-13-34-5)31(20-8-9-20)25(32)24-17-30(12-14-35-24)26(33)36-27(2,3)4/h7,10,15-16,18,20,24H,6,8-9,11-14,17H2,1-5H3/t18?,24-/m1/s1. The van der Waals surface area contributed by atoms with Gasteiger partial charge in [-0.25, -0.2) is 4.79 Å². The summed E-state index contributed by atoms with van der Waals surface area (Å²) in [7, 11) is 1.70. The Hall–Kier alpha value is -2.29. The largest absolute Gasteiger partial charge is 0.444 e. The van der Waals surface area contributed by atoms with Crippen LogP contribution < -0.4 is 0 Å². The maximum Gasteiger partial charge on any atom is 0.410 e. The smallest absolute Gasteiger partial charge is 0.410 e. The Morgan fingerprint density at radius 1 is 1.28 bits per heavy atom. The van der Waals surface area contributed by atoms with E-state index in [0.29, 0.717) is 19.8 Å². The van der Waals surface area contributed by atoms with E-state index >= 15 is 0 Å². The first-order valence-corrected chi connectivity index (χ1v) is 13.2. The number of hydrogen-bond donors (Lipinski definition) is 0. The Labute approximate surface area is 218 Å². The highest BCUT2D eigenvalue weighted by Gasteiger charge is 2.42. The Kier molecular flexibility index (Phi) is 8.17. The molecular formula is C27H38ClN3O5. The number of aryl methyl sites for hydroxylation is 1. The molecular weight excluding hydrogens is 482 g/mol. The molecule has 2 heterocycles. The van der Waals surface area contributed by atoms with Crippen molar-refractivity contribution >= 4 is 34.5 Å². The number of hydrogen-bond acceptors (Lipinski definition) is 5. The second-order valence-corrected chi connectivity index (χ2v) is 11.1. The van der Waals surface area contributed by atoms with Gasteiger partial charge in [0.1, 0.15) is 5.60 Å². The number of morpholine rings is 1. The molecule has 1 saturated heterocycles. The van der Waals surface area contributed by atoms with E-state index in [1.165, 1.54) is 0 Å². The van der Waals surface area contributed by atoms with Gasteiger partial charge in [0.15, 0.2) is 6.10 Å². The summed E-state index contributed by atoms with van der Waals surface area (Å²) in [6, 6.07) is 6.26. The van der Waals surface area contributed by atoms with Crippen LogP contribution in [-0.2, 0) is 25.5 Å². The Morgan fingerprint density at radius 3 is 2.69 bits per heavy atom. The molecule has 36 heavy (non-hydrogen) atoms. The number of aromatic nitrogens is 1. The first kappa shape index (κ1) is 26.8.